The third kappa shape index (κ3) is 4.82. The van der Waals surface area contributed by atoms with Crippen LogP contribution in [0.5, 0.6) is 0 Å². The van der Waals surface area contributed by atoms with Gasteiger partial charge in [0.25, 0.3) is 0 Å². The van der Waals surface area contributed by atoms with E-state index in [-0.39, 0.29) is 6.04 Å². The molecule has 2 heterocycles. The fourth-order valence-electron chi connectivity index (χ4n) is 3.44. The smallest absolute Gasteiger partial charge is 0.435 e. The fraction of sp³-hybridized carbons (Fsp3) is 0.333. The minimum Gasteiger partial charge on any atom is -0.442 e. The Morgan fingerprint density at radius 2 is 1.71 bits per heavy atom. The monoisotopic (exact) mass is 418 g/mol. The van der Waals surface area contributed by atoms with Crippen molar-refractivity contribution in [2.24, 2.45) is 4.99 Å². The van der Waals surface area contributed by atoms with Gasteiger partial charge < -0.3 is 14.2 Å². The number of aliphatic imine (C=N–C) groups is 1. The third-order valence-electron chi connectivity index (χ3n) is 5.06. The highest BCUT2D eigenvalue weighted by atomic mass is 16.6. The molecule has 0 N–H and O–H groups in total. The summed E-state index contributed by atoms with van der Waals surface area (Å²) in [6.07, 6.45) is 0.260. The molecule has 1 fully saturated rings. The highest BCUT2D eigenvalue weighted by Crippen LogP contribution is 2.34. The van der Waals surface area contributed by atoms with Gasteiger partial charge in [0.1, 0.15) is 17.5 Å². The van der Waals surface area contributed by atoms with Crippen LogP contribution in [-0.2, 0) is 4.74 Å². The van der Waals surface area contributed by atoms with E-state index in [1.54, 1.807) is 6.92 Å². The lowest BCUT2D eigenvalue weighted by molar-refractivity contribution is 0.0596. The van der Waals surface area contributed by atoms with Gasteiger partial charge in [0.2, 0.25) is 11.7 Å². The molecule has 1 amide bonds. The van der Waals surface area contributed by atoms with Crippen molar-refractivity contribution in [1.29, 1.82) is 0 Å². The number of likely N-dealkylation sites (tertiary alicyclic amines) is 1. The zero-order valence-corrected chi connectivity index (χ0v) is 18.2. The molecule has 0 aliphatic carbocycles. The summed E-state index contributed by atoms with van der Waals surface area (Å²) in [7, 11) is 0. The van der Waals surface area contributed by atoms with Gasteiger partial charge in [0.15, 0.2) is 0 Å². The normalized spacial score (nSPS) is 16.7. The van der Waals surface area contributed by atoms with Crippen molar-refractivity contribution in [2.75, 3.05) is 6.54 Å². The molecule has 1 saturated heterocycles. The van der Waals surface area contributed by atoms with E-state index in [2.05, 4.69) is 27.3 Å². The summed E-state index contributed by atoms with van der Waals surface area (Å²) >= 11 is 0. The first-order chi connectivity index (χ1) is 14.8. The zero-order valence-electron chi connectivity index (χ0n) is 18.2. The van der Waals surface area contributed by atoms with Crippen LogP contribution in [0.4, 0.5) is 4.79 Å². The van der Waals surface area contributed by atoms with Crippen molar-refractivity contribution >= 4 is 11.9 Å². The van der Waals surface area contributed by atoms with Gasteiger partial charge in [0, 0.05) is 12.1 Å². The summed E-state index contributed by atoms with van der Waals surface area (Å²) in [4.78, 5) is 22.6. The average molecular weight is 418 g/mol. The van der Waals surface area contributed by atoms with Gasteiger partial charge in [-0.05, 0) is 45.2 Å². The lowest BCUT2D eigenvalue weighted by Gasteiger charge is -2.39. The van der Waals surface area contributed by atoms with Gasteiger partial charge in [-0.15, -0.1) is 0 Å². The Morgan fingerprint density at radius 3 is 2.32 bits per heavy atom. The van der Waals surface area contributed by atoms with E-state index in [4.69, 9.17) is 9.26 Å². The number of amides is 1. The van der Waals surface area contributed by atoms with Gasteiger partial charge in [-0.1, -0.05) is 59.8 Å². The predicted octanol–water partition coefficient (Wildman–Crippen LogP) is 5.50. The molecule has 1 aromatic heterocycles. The number of carbonyl (C=O) groups is 1. The summed E-state index contributed by atoms with van der Waals surface area (Å²) < 4.78 is 10.8. The van der Waals surface area contributed by atoms with Gasteiger partial charge in [0.05, 0.1) is 0 Å². The molecule has 0 unspecified atom stereocenters. The maximum absolute atomic E-state index is 12.0. The molecular weight excluding hydrogens is 392 g/mol. The number of nitrogens with zero attached hydrogens (tertiary/aromatic N) is 4. The van der Waals surface area contributed by atoms with Gasteiger partial charge in [-0.3, -0.25) is 0 Å². The SMILES string of the molecule is C/C(=N/C(=O)OC(C)(C)C)N1CC[C@H]1c1nc(-c2ccc(-c3ccccc3)cc2)no1. The van der Waals surface area contributed by atoms with Crippen LogP contribution in [0.1, 0.15) is 46.0 Å². The number of hydrogen-bond donors (Lipinski definition) is 0. The van der Waals surface area contributed by atoms with Crippen LogP contribution in [0.15, 0.2) is 64.1 Å². The number of hydrogen-bond acceptors (Lipinski definition) is 5. The maximum Gasteiger partial charge on any atom is 0.435 e. The lowest BCUT2D eigenvalue weighted by atomic mass is 10.0. The Hall–Kier alpha value is -3.48. The molecule has 1 atom stereocenters. The Labute approximate surface area is 181 Å². The highest BCUT2D eigenvalue weighted by molar-refractivity contribution is 5.90. The standard InChI is InChI=1S/C24H26N4O3/c1-16(25-23(29)30-24(2,3)4)28-15-14-20(28)22-26-21(27-31-22)19-12-10-18(11-13-19)17-8-6-5-7-9-17/h5-13,20H,14-15H2,1-4H3/b25-16-/t20-/m0/s1. The first kappa shape index (κ1) is 20.8. The molecule has 0 bridgehead atoms. The zero-order chi connectivity index (χ0) is 22.0. The number of aromatic nitrogens is 2. The van der Waals surface area contributed by atoms with Gasteiger partial charge in [-0.2, -0.15) is 9.98 Å². The Bertz CT molecular complexity index is 1080. The summed E-state index contributed by atoms with van der Waals surface area (Å²) in [5.41, 5.74) is 2.60. The van der Waals surface area contributed by atoms with Crippen LogP contribution < -0.4 is 0 Å². The van der Waals surface area contributed by atoms with Crippen LogP contribution in [0.3, 0.4) is 0 Å². The molecule has 7 nitrogen and oxygen atoms in total. The third-order valence-corrected chi connectivity index (χ3v) is 5.06. The summed E-state index contributed by atoms with van der Waals surface area (Å²) in [5, 5.41) is 4.15. The molecule has 0 saturated carbocycles. The van der Waals surface area contributed by atoms with Crippen LogP contribution in [0, 0.1) is 0 Å². The topological polar surface area (TPSA) is 80.8 Å². The number of benzene rings is 2. The summed E-state index contributed by atoms with van der Waals surface area (Å²) in [6.45, 7) is 8.00. The van der Waals surface area contributed by atoms with Crippen molar-refractivity contribution in [2.45, 2.75) is 45.8 Å². The van der Waals surface area contributed by atoms with Crippen molar-refractivity contribution in [3.8, 4) is 22.5 Å². The molecule has 0 spiro atoms. The second kappa shape index (κ2) is 8.34. The van der Waals surface area contributed by atoms with Crippen LogP contribution in [0.25, 0.3) is 22.5 Å². The number of amidine groups is 1. The maximum atomic E-state index is 12.0. The minimum atomic E-state index is -0.597. The second-order valence-electron chi connectivity index (χ2n) is 8.54. The molecule has 7 heteroatoms. The fourth-order valence-corrected chi connectivity index (χ4v) is 3.44. The van der Waals surface area contributed by atoms with E-state index < -0.39 is 11.7 Å². The molecular formula is C24H26N4O3. The van der Waals surface area contributed by atoms with E-state index in [1.165, 1.54) is 0 Å². The quantitative estimate of drug-likeness (QED) is 0.412. The number of ether oxygens (including phenoxy) is 1. The van der Waals surface area contributed by atoms with Crippen molar-refractivity contribution in [3.05, 3.63) is 60.5 Å². The molecule has 4 rings (SSSR count). The van der Waals surface area contributed by atoms with Gasteiger partial charge >= 0.3 is 6.09 Å². The minimum absolute atomic E-state index is 0.0870. The Kier molecular flexibility index (Phi) is 5.59. The van der Waals surface area contributed by atoms with E-state index in [9.17, 15) is 4.79 Å². The van der Waals surface area contributed by atoms with E-state index in [1.807, 2.05) is 68.1 Å². The van der Waals surface area contributed by atoms with Crippen molar-refractivity contribution < 1.29 is 14.1 Å². The molecule has 0 radical (unpaired) electrons. The molecule has 1 aliphatic rings. The lowest BCUT2D eigenvalue weighted by Crippen LogP contribution is -2.44. The summed E-state index contributed by atoms with van der Waals surface area (Å²) in [6, 6.07) is 18.2. The van der Waals surface area contributed by atoms with Crippen molar-refractivity contribution in [1.82, 2.24) is 15.0 Å². The average Bonchev–Trinajstić information content (AvgIpc) is 3.15. The van der Waals surface area contributed by atoms with Crippen LogP contribution >= 0.6 is 0 Å². The Balaban J connectivity index is 1.46. The second-order valence-corrected chi connectivity index (χ2v) is 8.54. The molecule has 160 valence electrons. The first-order valence-corrected chi connectivity index (χ1v) is 10.3. The van der Waals surface area contributed by atoms with Gasteiger partial charge in [-0.25, -0.2) is 4.79 Å². The predicted molar refractivity (Wildman–Crippen MR) is 119 cm³/mol. The van der Waals surface area contributed by atoms with Crippen molar-refractivity contribution in [3.63, 3.8) is 0 Å². The van der Waals surface area contributed by atoms with Crippen LogP contribution in [-0.4, -0.2) is 39.1 Å². The van der Waals surface area contributed by atoms with E-state index >= 15 is 0 Å². The highest BCUT2D eigenvalue weighted by Gasteiger charge is 2.35. The number of carbonyl (C=O) groups excluding carboxylic acids is 1. The molecule has 1 aliphatic heterocycles. The summed E-state index contributed by atoms with van der Waals surface area (Å²) in [5.74, 6) is 1.65. The molecule has 3 aromatic rings. The molecule has 31 heavy (non-hydrogen) atoms. The van der Waals surface area contributed by atoms with E-state index in [0.29, 0.717) is 17.6 Å². The van der Waals surface area contributed by atoms with E-state index in [0.717, 1.165) is 29.7 Å². The Morgan fingerprint density at radius 1 is 1.06 bits per heavy atom. The number of rotatable bonds is 3. The largest absolute Gasteiger partial charge is 0.442 e. The first-order valence-electron chi connectivity index (χ1n) is 10.3. The molecule has 2 aromatic carbocycles. The van der Waals surface area contributed by atoms with Crippen LogP contribution in [0.2, 0.25) is 0 Å².